The van der Waals surface area contributed by atoms with E-state index in [0.717, 1.165) is 21.9 Å². The largest absolute Gasteiger partial charge is 0.497 e. The van der Waals surface area contributed by atoms with Crippen LogP contribution in [0.15, 0.2) is 58.4 Å². The van der Waals surface area contributed by atoms with Crippen molar-refractivity contribution < 1.29 is 28.6 Å². The third-order valence-corrected chi connectivity index (χ3v) is 11.5. The molecule has 9 nitrogen and oxygen atoms in total. The molecule has 212 valence electrons. The maximum absolute atomic E-state index is 13.9. The van der Waals surface area contributed by atoms with Gasteiger partial charge in [0.2, 0.25) is 11.8 Å². The summed E-state index contributed by atoms with van der Waals surface area (Å²) in [6, 6.07) is 14.6. The average molecular weight is 593 g/mol. The zero-order valence-electron chi connectivity index (χ0n) is 22.4. The molecule has 4 aliphatic rings. The van der Waals surface area contributed by atoms with Crippen LogP contribution in [0.4, 0.5) is 5.69 Å². The number of benzene rings is 2. The SMILES string of the molecule is CCOC(=O)COc1ccc([C@H]2c3sc(=O)[nH]c3SC3C4CC(C5C(=O)N(c6ccc(OC)cc6)C(=O)C45)C32)cc1. The van der Waals surface area contributed by atoms with Gasteiger partial charge in [-0.05, 0) is 73.1 Å². The number of hydrogen-bond donors (Lipinski definition) is 1. The average Bonchev–Trinajstić information content (AvgIpc) is 3.71. The van der Waals surface area contributed by atoms with Gasteiger partial charge in [-0.1, -0.05) is 23.5 Å². The molecule has 41 heavy (non-hydrogen) atoms. The van der Waals surface area contributed by atoms with Crippen LogP contribution >= 0.6 is 23.1 Å². The highest BCUT2D eigenvalue weighted by Crippen LogP contribution is 2.68. The number of anilines is 1. The number of H-pyrrole nitrogens is 1. The minimum atomic E-state index is -0.429. The van der Waals surface area contributed by atoms with Crippen LogP contribution in [0.2, 0.25) is 0 Å². The molecule has 11 heteroatoms. The van der Waals surface area contributed by atoms with E-state index in [9.17, 15) is 19.2 Å². The van der Waals surface area contributed by atoms with Crippen molar-refractivity contribution in [1.82, 2.24) is 4.98 Å². The molecule has 2 amide bonds. The van der Waals surface area contributed by atoms with Crippen LogP contribution in [0.5, 0.6) is 11.5 Å². The number of hydrogen-bond acceptors (Lipinski definition) is 9. The zero-order valence-corrected chi connectivity index (χ0v) is 24.0. The predicted octanol–water partition coefficient (Wildman–Crippen LogP) is 4.06. The van der Waals surface area contributed by atoms with Crippen LogP contribution in [0, 0.1) is 29.6 Å². The molecule has 2 aliphatic carbocycles. The number of thioether (sulfide) groups is 1. The lowest BCUT2D eigenvalue weighted by atomic mass is 9.68. The first-order valence-corrected chi connectivity index (χ1v) is 15.4. The van der Waals surface area contributed by atoms with Crippen LogP contribution in [0.3, 0.4) is 0 Å². The number of carbonyl (C=O) groups is 3. The van der Waals surface area contributed by atoms with E-state index in [2.05, 4.69) is 4.98 Å². The highest BCUT2D eigenvalue weighted by molar-refractivity contribution is 8.00. The quantitative estimate of drug-likeness (QED) is 0.323. The minimum Gasteiger partial charge on any atom is -0.497 e. The molecular formula is C30H28N2O7S2. The van der Waals surface area contributed by atoms with Crippen molar-refractivity contribution in [3.05, 3.63) is 68.6 Å². The van der Waals surface area contributed by atoms with E-state index in [1.54, 1.807) is 50.1 Å². The van der Waals surface area contributed by atoms with Gasteiger partial charge in [0, 0.05) is 16.0 Å². The third-order valence-electron chi connectivity index (χ3n) is 8.96. The molecule has 6 unspecified atom stereocenters. The molecule has 7 rings (SSSR count). The van der Waals surface area contributed by atoms with Gasteiger partial charge in [0.15, 0.2) is 6.61 Å². The van der Waals surface area contributed by atoms with Crippen molar-refractivity contribution in [2.24, 2.45) is 29.6 Å². The molecule has 2 aliphatic heterocycles. The maximum Gasteiger partial charge on any atom is 0.344 e. The fourth-order valence-corrected chi connectivity index (χ4v) is 10.4. The molecule has 7 atom stereocenters. The van der Waals surface area contributed by atoms with E-state index in [-0.39, 0.29) is 64.1 Å². The molecular weight excluding hydrogens is 564 g/mol. The van der Waals surface area contributed by atoms with Gasteiger partial charge in [0.05, 0.1) is 36.3 Å². The Hall–Kier alpha value is -3.57. The topological polar surface area (TPSA) is 115 Å². The summed E-state index contributed by atoms with van der Waals surface area (Å²) in [5, 5.41) is 0.970. The van der Waals surface area contributed by atoms with Gasteiger partial charge < -0.3 is 19.2 Å². The van der Waals surface area contributed by atoms with E-state index >= 15 is 0 Å². The van der Waals surface area contributed by atoms with Crippen molar-refractivity contribution in [2.75, 3.05) is 25.2 Å². The molecule has 2 aromatic carbocycles. The van der Waals surface area contributed by atoms with Gasteiger partial charge >= 0.3 is 10.8 Å². The second-order valence-corrected chi connectivity index (χ2v) is 13.0. The number of methoxy groups -OCH3 is 1. The molecule has 0 spiro atoms. The predicted molar refractivity (Wildman–Crippen MR) is 153 cm³/mol. The van der Waals surface area contributed by atoms with Crippen molar-refractivity contribution in [2.45, 2.75) is 29.5 Å². The number of thiazole rings is 1. The van der Waals surface area contributed by atoms with Crippen molar-refractivity contribution in [1.29, 1.82) is 0 Å². The fraction of sp³-hybridized carbons (Fsp3) is 0.400. The maximum atomic E-state index is 13.9. The zero-order chi connectivity index (χ0) is 28.4. The van der Waals surface area contributed by atoms with Crippen molar-refractivity contribution in [3.8, 4) is 11.5 Å². The number of nitrogens with zero attached hydrogens (tertiary/aromatic N) is 1. The Labute approximate surface area is 244 Å². The van der Waals surface area contributed by atoms with Crippen molar-refractivity contribution in [3.63, 3.8) is 0 Å². The standard InChI is InChI=1S/C30H28N2O7S2/c1-3-38-20(33)13-39-17-8-4-14(5-9-17)21-22-18-12-19(25(22)40-27-26(21)41-30(36)31-27)24-23(18)28(34)32(29(24)35)15-6-10-16(37-2)11-7-15/h4-11,18-19,21-25H,3,12-13H2,1-2H3,(H,31,36)/t18?,19?,21-,22?,23?,24?,25?/m1/s1. The minimum absolute atomic E-state index is 0.0253. The Bertz CT molecular complexity index is 1580. The molecule has 1 saturated heterocycles. The van der Waals surface area contributed by atoms with Crippen LogP contribution in [-0.4, -0.2) is 48.3 Å². The summed E-state index contributed by atoms with van der Waals surface area (Å²) in [6.07, 6.45) is 0.821. The van der Waals surface area contributed by atoms with Crippen LogP contribution in [-0.2, 0) is 19.1 Å². The molecule has 3 fully saturated rings. The summed E-state index contributed by atoms with van der Waals surface area (Å²) in [5.74, 6) is -0.113. The highest BCUT2D eigenvalue weighted by atomic mass is 32.2. The van der Waals surface area contributed by atoms with Gasteiger partial charge in [-0.3, -0.25) is 19.3 Å². The first kappa shape index (κ1) is 26.3. The van der Waals surface area contributed by atoms with Crippen LogP contribution < -0.4 is 19.2 Å². The number of fused-ring (bicyclic) bond motifs is 9. The molecule has 2 bridgehead atoms. The van der Waals surface area contributed by atoms with Gasteiger partial charge in [0.1, 0.15) is 11.5 Å². The van der Waals surface area contributed by atoms with Crippen molar-refractivity contribution >= 4 is 46.6 Å². The highest BCUT2D eigenvalue weighted by Gasteiger charge is 2.69. The van der Waals surface area contributed by atoms with Gasteiger partial charge in [-0.15, -0.1) is 11.8 Å². The van der Waals surface area contributed by atoms with E-state index in [1.165, 1.54) is 16.2 Å². The Balaban J connectivity index is 1.21. The number of imide groups is 1. The molecule has 3 heterocycles. The summed E-state index contributed by atoms with van der Waals surface area (Å²) < 4.78 is 15.8. The lowest BCUT2D eigenvalue weighted by molar-refractivity contribution is -0.145. The van der Waals surface area contributed by atoms with Gasteiger partial charge in [0.25, 0.3) is 0 Å². The normalized spacial score (nSPS) is 29.2. The van der Waals surface area contributed by atoms with E-state index < -0.39 is 5.97 Å². The summed E-state index contributed by atoms with van der Waals surface area (Å²) in [4.78, 5) is 57.1. The Morgan fingerprint density at radius 3 is 2.34 bits per heavy atom. The number of rotatable bonds is 7. The molecule has 2 saturated carbocycles. The molecule has 3 aromatic rings. The lowest BCUT2D eigenvalue weighted by Gasteiger charge is -2.43. The monoisotopic (exact) mass is 592 g/mol. The molecule has 1 N–H and O–H groups in total. The fourth-order valence-electron chi connectivity index (χ4n) is 7.49. The summed E-state index contributed by atoms with van der Waals surface area (Å²) >= 11 is 2.89. The summed E-state index contributed by atoms with van der Waals surface area (Å²) in [7, 11) is 1.58. The lowest BCUT2D eigenvalue weighted by Crippen LogP contribution is -2.42. The number of ether oxygens (including phenoxy) is 3. The Kier molecular flexibility index (Phi) is 6.46. The second-order valence-electron chi connectivity index (χ2n) is 10.8. The number of esters is 1. The van der Waals surface area contributed by atoms with Gasteiger partial charge in [-0.2, -0.15) is 0 Å². The Morgan fingerprint density at radius 2 is 1.66 bits per heavy atom. The number of amides is 2. The summed E-state index contributed by atoms with van der Waals surface area (Å²) in [6.45, 7) is 1.87. The first-order chi connectivity index (χ1) is 19.9. The molecule has 1 aromatic heterocycles. The number of carbonyl (C=O) groups excluding carboxylic acids is 3. The van der Waals surface area contributed by atoms with Crippen LogP contribution in [0.25, 0.3) is 0 Å². The first-order valence-electron chi connectivity index (χ1n) is 13.7. The number of nitrogens with one attached hydrogen (secondary N) is 1. The third kappa shape index (κ3) is 4.12. The van der Waals surface area contributed by atoms with Crippen LogP contribution in [0.1, 0.15) is 29.7 Å². The van der Waals surface area contributed by atoms with E-state index in [1.807, 2.05) is 24.3 Å². The van der Waals surface area contributed by atoms with E-state index in [0.29, 0.717) is 23.8 Å². The smallest absolute Gasteiger partial charge is 0.344 e. The molecule has 0 radical (unpaired) electrons. The summed E-state index contributed by atoms with van der Waals surface area (Å²) in [5.41, 5.74) is 1.59. The second kappa shape index (κ2) is 10.1. The van der Waals surface area contributed by atoms with Gasteiger partial charge in [-0.25, -0.2) is 4.79 Å². The Morgan fingerprint density at radius 1 is 0.976 bits per heavy atom. The van der Waals surface area contributed by atoms with E-state index in [4.69, 9.17) is 14.2 Å². The number of aromatic nitrogens is 1. The number of aromatic amines is 1.